The van der Waals surface area contributed by atoms with Gasteiger partial charge in [-0.3, -0.25) is 0 Å². The predicted octanol–water partition coefficient (Wildman–Crippen LogP) is 2.39. The molecule has 21 heavy (non-hydrogen) atoms. The Morgan fingerprint density at radius 1 is 1.19 bits per heavy atom. The lowest BCUT2D eigenvalue weighted by Gasteiger charge is -2.37. The zero-order chi connectivity index (χ0) is 15.6. The molecule has 4 nitrogen and oxygen atoms in total. The lowest BCUT2D eigenvalue weighted by Crippen LogP contribution is -2.48. The van der Waals surface area contributed by atoms with Crippen LogP contribution in [0.4, 0.5) is 14.5 Å². The number of anilines is 1. The van der Waals surface area contributed by atoms with Crippen molar-refractivity contribution in [3.8, 4) is 0 Å². The van der Waals surface area contributed by atoms with Crippen molar-refractivity contribution in [3.63, 3.8) is 0 Å². The third-order valence-electron chi connectivity index (χ3n) is 4.09. The molecule has 2 atom stereocenters. The number of rotatable bonds is 4. The second kappa shape index (κ2) is 6.27. The van der Waals surface area contributed by atoms with Crippen molar-refractivity contribution in [1.29, 1.82) is 0 Å². The lowest BCUT2D eigenvalue weighted by atomic mass is 9.90. The number of hydrogen-bond acceptors (Lipinski definition) is 4. The first-order chi connectivity index (χ1) is 9.84. The Hall–Kier alpha value is -1.21. The van der Waals surface area contributed by atoms with Gasteiger partial charge in [0.15, 0.2) is 0 Å². The second-order valence-electron chi connectivity index (χ2n) is 5.43. The molecule has 1 fully saturated rings. The van der Waals surface area contributed by atoms with Crippen molar-refractivity contribution in [1.82, 2.24) is 0 Å². The number of alkyl halides is 2. The van der Waals surface area contributed by atoms with Crippen LogP contribution < -0.4 is 10.6 Å². The number of hydrogen-bond donors (Lipinski definition) is 1. The monoisotopic (exact) mass is 318 g/mol. The summed E-state index contributed by atoms with van der Waals surface area (Å²) in [6, 6.07) is 5.82. The Kier molecular flexibility index (Phi) is 4.83. The average molecular weight is 318 g/mol. The molecule has 0 radical (unpaired) electrons. The van der Waals surface area contributed by atoms with Gasteiger partial charge in [0.05, 0.1) is 4.90 Å². The SMILES string of the molecule is CN(c1ccc(S(=O)(=O)C(F)F)cc1)C1CCCCC1N. The largest absolute Gasteiger partial charge is 0.370 e. The number of likely N-dealkylation sites (N-methyl/N-ethyl adjacent to an activating group) is 1. The molecular weight excluding hydrogens is 298 g/mol. The Morgan fingerprint density at radius 3 is 2.29 bits per heavy atom. The van der Waals surface area contributed by atoms with E-state index in [0.717, 1.165) is 31.4 Å². The van der Waals surface area contributed by atoms with Crippen molar-refractivity contribution < 1.29 is 17.2 Å². The first-order valence-corrected chi connectivity index (χ1v) is 8.49. The molecule has 2 N–H and O–H groups in total. The summed E-state index contributed by atoms with van der Waals surface area (Å²) in [6.07, 6.45) is 4.18. The Labute approximate surface area is 123 Å². The van der Waals surface area contributed by atoms with Gasteiger partial charge in [0.1, 0.15) is 0 Å². The van der Waals surface area contributed by atoms with Gasteiger partial charge in [-0.15, -0.1) is 0 Å². The summed E-state index contributed by atoms with van der Waals surface area (Å²) in [5.41, 5.74) is 6.90. The topological polar surface area (TPSA) is 63.4 Å². The van der Waals surface area contributed by atoms with Crippen LogP contribution in [0.25, 0.3) is 0 Å². The molecule has 7 heteroatoms. The molecule has 2 rings (SSSR count). The third kappa shape index (κ3) is 3.35. The molecule has 1 aromatic rings. The fraction of sp³-hybridized carbons (Fsp3) is 0.571. The Morgan fingerprint density at radius 2 is 1.76 bits per heavy atom. The number of benzene rings is 1. The predicted molar refractivity (Wildman–Crippen MR) is 78.3 cm³/mol. The third-order valence-corrected chi connectivity index (χ3v) is 5.48. The van der Waals surface area contributed by atoms with Crippen LogP contribution in [0, 0.1) is 0 Å². The summed E-state index contributed by atoms with van der Waals surface area (Å²) < 4.78 is 47.7. The summed E-state index contributed by atoms with van der Waals surface area (Å²) in [5.74, 6) is -3.40. The highest BCUT2D eigenvalue weighted by atomic mass is 32.2. The fourth-order valence-electron chi connectivity index (χ4n) is 2.79. The summed E-state index contributed by atoms with van der Waals surface area (Å²) in [7, 11) is -2.64. The highest BCUT2D eigenvalue weighted by Crippen LogP contribution is 2.27. The maximum atomic E-state index is 12.5. The highest BCUT2D eigenvalue weighted by molar-refractivity contribution is 7.91. The molecule has 0 aromatic heterocycles. The highest BCUT2D eigenvalue weighted by Gasteiger charge is 2.28. The number of sulfone groups is 1. The van der Waals surface area contributed by atoms with Crippen LogP contribution in [0.1, 0.15) is 25.7 Å². The van der Waals surface area contributed by atoms with Gasteiger partial charge in [0.25, 0.3) is 0 Å². The van der Waals surface area contributed by atoms with Gasteiger partial charge in [-0.2, -0.15) is 8.78 Å². The standard InChI is InChI=1S/C14H20F2N2O2S/c1-18(13-5-3-2-4-12(13)17)10-6-8-11(9-7-10)21(19,20)14(15)16/h6-9,12-14H,2-5,17H2,1H3. The molecule has 0 aliphatic heterocycles. The molecule has 0 bridgehead atoms. The minimum atomic E-state index is -4.53. The van der Waals surface area contributed by atoms with Crippen LogP contribution in [0.5, 0.6) is 0 Å². The van der Waals surface area contributed by atoms with Crippen LogP contribution in [0.3, 0.4) is 0 Å². The zero-order valence-electron chi connectivity index (χ0n) is 11.9. The van der Waals surface area contributed by atoms with E-state index in [1.807, 2.05) is 11.9 Å². The van der Waals surface area contributed by atoms with Gasteiger partial charge >= 0.3 is 5.76 Å². The summed E-state index contributed by atoms with van der Waals surface area (Å²) in [4.78, 5) is 1.64. The normalized spacial score (nSPS) is 23.3. The van der Waals surface area contributed by atoms with Gasteiger partial charge in [-0.1, -0.05) is 12.8 Å². The van der Waals surface area contributed by atoms with Gasteiger partial charge in [-0.05, 0) is 37.1 Å². The van der Waals surface area contributed by atoms with Gasteiger partial charge in [-0.25, -0.2) is 8.42 Å². The van der Waals surface area contributed by atoms with E-state index in [1.54, 1.807) is 12.1 Å². The van der Waals surface area contributed by atoms with Gasteiger partial charge in [0, 0.05) is 24.8 Å². The average Bonchev–Trinajstić information content (AvgIpc) is 2.47. The molecule has 2 unspecified atom stereocenters. The molecule has 0 amide bonds. The van der Waals surface area contributed by atoms with E-state index >= 15 is 0 Å². The molecule has 1 aliphatic rings. The molecule has 0 heterocycles. The molecular formula is C14H20F2N2O2S. The summed E-state index contributed by atoms with van der Waals surface area (Å²) in [6.45, 7) is 0. The van der Waals surface area contributed by atoms with Crippen LogP contribution in [0.15, 0.2) is 29.2 Å². The smallest absolute Gasteiger partial charge is 0.341 e. The number of halogens is 2. The maximum absolute atomic E-state index is 12.5. The molecule has 0 saturated heterocycles. The van der Waals surface area contributed by atoms with E-state index in [0.29, 0.717) is 0 Å². The van der Waals surface area contributed by atoms with Gasteiger partial charge < -0.3 is 10.6 Å². The van der Waals surface area contributed by atoms with Crippen LogP contribution >= 0.6 is 0 Å². The van der Waals surface area contributed by atoms with Crippen LogP contribution in [-0.2, 0) is 9.84 Å². The van der Waals surface area contributed by atoms with E-state index in [4.69, 9.17) is 5.73 Å². The zero-order valence-corrected chi connectivity index (χ0v) is 12.7. The molecule has 1 aromatic carbocycles. The van der Waals surface area contributed by atoms with Crippen molar-refractivity contribution in [3.05, 3.63) is 24.3 Å². The van der Waals surface area contributed by atoms with Crippen molar-refractivity contribution >= 4 is 15.5 Å². The van der Waals surface area contributed by atoms with Crippen molar-refractivity contribution in [2.75, 3.05) is 11.9 Å². The van der Waals surface area contributed by atoms with E-state index < -0.39 is 15.6 Å². The van der Waals surface area contributed by atoms with E-state index in [-0.39, 0.29) is 17.0 Å². The second-order valence-corrected chi connectivity index (χ2v) is 7.34. The lowest BCUT2D eigenvalue weighted by molar-refractivity contribution is 0.234. The van der Waals surface area contributed by atoms with Gasteiger partial charge in [0.2, 0.25) is 9.84 Å². The minimum Gasteiger partial charge on any atom is -0.370 e. The molecule has 1 aliphatic carbocycles. The number of nitrogens with zero attached hydrogens (tertiary/aromatic N) is 1. The maximum Gasteiger partial charge on any atom is 0.341 e. The molecule has 0 spiro atoms. The van der Waals surface area contributed by atoms with Crippen molar-refractivity contribution in [2.24, 2.45) is 5.73 Å². The van der Waals surface area contributed by atoms with Crippen molar-refractivity contribution in [2.45, 2.75) is 48.4 Å². The Bertz CT molecular complexity index is 575. The van der Waals surface area contributed by atoms with Crippen LogP contribution in [-0.4, -0.2) is 33.3 Å². The van der Waals surface area contributed by atoms with E-state index in [1.165, 1.54) is 12.1 Å². The quantitative estimate of drug-likeness (QED) is 0.926. The minimum absolute atomic E-state index is 0.0771. The fourth-order valence-corrected chi connectivity index (χ4v) is 3.51. The van der Waals surface area contributed by atoms with Crippen LogP contribution in [0.2, 0.25) is 0 Å². The first-order valence-electron chi connectivity index (χ1n) is 6.94. The summed E-state index contributed by atoms with van der Waals surface area (Å²) in [5, 5.41) is 0. The van der Waals surface area contributed by atoms with E-state index in [2.05, 4.69) is 0 Å². The van der Waals surface area contributed by atoms with E-state index in [9.17, 15) is 17.2 Å². The molecule has 1 saturated carbocycles. The summed E-state index contributed by atoms with van der Waals surface area (Å²) >= 11 is 0. The first kappa shape index (κ1) is 16.2. The Balaban J connectivity index is 2.19. The molecule has 118 valence electrons. The number of nitrogens with two attached hydrogens (primary N) is 1.